The van der Waals surface area contributed by atoms with Gasteiger partial charge in [0.1, 0.15) is 6.61 Å². The average Bonchev–Trinajstić information content (AvgIpc) is 3.54. The Hall–Kier alpha value is -4.15. The Bertz CT molecular complexity index is 1430. The fraction of sp³-hybridized carbons (Fsp3) is 0.345. The summed E-state index contributed by atoms with van der Waals surface area (Å²) in [6.07, 6.45) is 0.785. The summed E-state index contributed by atoms with van der Waals surface area (Å²) in [4.78, 5) is 41.0. The van der Waals surface area contributed by atoms with E-state index in [0.717, 1.165) is 24.1 Å². The summed E-state index contributed by atoms with van der Waals surface area (Å²) in [7, 11) is 1.55. The van der Waals surface area contributed by atoms with Crippen molar-refractivity contribution in [3.8, 4) is 0 Å². The number of piperazine rings is 1. The Morgan fingerprint density at radius 3 is 2.33 bits per heavy atom. The van der Waals surface area contributed by atoms with Gasteiger partial charge in [0.05, 0.1) is 23.4 Å². The van der Waals surface area contributed by atoms with Gasteiger partial charge in [0, 0.05) is 42.2 Å². The predicted molar refractivity (Wildman–Crippen MR) is 144 cm³/mol. The van der Waals surface area contributed by atoms with Crippen LogP contribution in [0.3, 0.4) is 0 Å². The number of benzene rings is 2. The number of aryl methyl sites for hydroxylation is 2. The van der Waals surface area contributed by atoms with Crippen molar-refractivity contribution in [2.24, 2.45) is 11.7 Å². The van der Waals surface area contributed by atoms with E-state index in [1.165, 1.54) is 5.56 Å². The highest BCUT2D eigenvalue weighted by molar-refractivity contribution is 6.26. The molecule has 10 heteroatoms. The largest absolute Gasteiger partial charge is 0.449 e. The van der Waals surface area contributed by atoms with Gasteiger partial charge in [-0.1, -0.05) is 24.3 Å². The molecule has 0 aromatic heterocycles. The van der Waals surface area contributed by atoms with Crippen LogP contribution in [-0.4, -0.2) is 60.6 Å². The van der Waals surface area contributed by atoms with Crippen LogP contribution in [0.25, 0.3) is 0 Å². The van der Waals surface area contributed by atoms with E-state index in [1.807, 2.05) is 53.4 Å². The molecule has 2 aromatic rings. The molecule has 2 saturated heterocycles. The van der Waals surface area contributed by atoms with Crippen LogP contribution in [0.2, 0.25) is 0 Å². The highest BCUT2D eigenvalue weighted by atomic mass is 16.6. The second-order valence-corrected chi connectivity index (χ2v) is 10.5. The van der Waals surface area contributed by atoms with Crippen LogP contribution in [0.15, 0.2) is 71.1 Å². The molecule has 202 valence electrons. The van der Waals surface area contributed by atoms with E-state index in [-0.39, 0.29) is 36.0 Å². The van der Waals surface area contributed by atoms with Gasteiger partial charge in [-0.25, -0.2) is 4.79 Å². The van der Waals surface area contributed by atoms with Gasteiger partial charge in [0.25, 0.3) is 0 Å². The second-order valence-electron chi connectivity index (χ2n) is 10.5. The van der Waals surface area contributed by atoms with E-state index in [0.29, 0.717) is 29.1 Å². The van der Waals surface area contributed by atoms with E-state index in [4.69, 9.17) is 20.9 Å². The number of carbonyl (C=O) groups is 3. The zero-order chi connectivity index (χ0) is 27.5. The van der Waals surface area contributed by atoms with Gasteiger partial charge in [0.15, 0.2) is 5.72 Å². The first kappa shape index (κ1) is 25.1. The first-order valence-electron chi connectivity index (χ1n) is 13.0. The second kappa shape index (κ2) is 9.25. The standard InChI is InChI=1S/C29H31N5O5/c1-15-23(32-19-11-7-17(8-12-19)4-3-16-5-9-18(30)10-6-16)26(36)22-20(14-39-28(31)37)29(38-2)27-21(33-27)13-34(29)24(22)25(15)35/h5-12,20-21,27,32-33H,3-4,13-14,30H2,1-2H3,(H2,31,37)/t20-,21+,27+,29-/m1/s1. The number of methoxy groups -OCH3 is 1. The maximum atomic E-state index is 14.0. The number of Topliss-reactive ketones (excluding diaryl/α,β-unsaturated/α-hetero) is 2. The van der Waals surface area contributed by atoms with E-state index >= 15 is 0 Å². The van der Waals surface area contributed by atoms with Gasteiger partial charge < -0.3 is 36.5 Å². The number of nitrogen functional groups attached to an aromatic ring is 1. The third-order valence-corrected chi connectivity index (χ3v) is 8.33. The summed E-state index contributed by atoms with van der Waals surface area (Å²) in [6, 6.07) is 15.7. The van der Waals surface area contributed by atoms with Crippen LogP contribution in [0.1, 0.15) is 18.1 Å². The lowest BCUT2D eigenvalue weighted by atomic mass is 9.82. The lowest BCUT2D eigenvalue weighted by Gasteiger charge is -2.39. The molecule has 4 aliphatic rings. The molecule has 2 fully saturated rings. The molecule has 4 atom stereocenters. The Kier molecular flexibility index (Phi) is 5.96. The molecule has 3 heterocycles. The number of nitrogens with one attached hydrogen (secondary N) is 2. The highest BCUT2D eigenvalue weighted by Crippen LogP contribution is 2.55. The van der Waals surface area contributed by atoms with Crippen molar-refractivity contribution in [2.45, 2.75) is 37.6 Å². The summed E-state index contributed by atoms with van der Waals surface area (Å²) in [6.45, 7) is 2.01. The average molecular weight is 530 g/mol. The van der Waals surface area contributed by atoms with Crippen LogP contribution in [-0.2, 0) is 31.9 Å². The number of carbonyl (C=O) groups excluding carboxylic acids is 3. The summed E-state index contributed by atoms with van der Waals surface area (Å²) in [5.41, 5.74) is 15.0. The molecule has 6 N–H and O–H groups in total. The maximum Gasteiger partial charge on any atom is 0.404 e. The molecule has 0 radical (unpaired) electrons. The number of ether oxygens (including phenoxy) is 2. The number of hydrogen-bond acceptors (Lipinski definition) is 9. The molecule has 10 nitrogen and oxygen atoms in total. The van der Waals surface area contributed by atoms with Crippen molar-refractivity contribution in [1.29, 1.82) is 0 Å². The molecule has 0 unspecified atom stereocenters. The molecular weight excluding hydrogens is 498 g/mol. The normalized spacial score (nSPS) is 26.9. The Balaban J connectivity index is 1.23. The molecule has 6 rings (SSSR count). The van der Waals surface area contributed by atoms with Crippen molar-refractivity contribution >= 4 is 29.0 Å². The van der Waals surface area contributed by atoms with Crippen molar-refractivity contribution in [3.05, 3.63) is 82.2 Å². The predicted octanol–water partition coefficient (Wildman–Crippen LogP) is 1.87. The van der Waals surface area contributed by atoms with E-state index < -0.39 is 17.7 Å². The number of allylic oxidation sites excluding steroid dienone is 2. The number of anilines is 2. The third-order valence-electron chi connectivity index (χ3n) is 8.33. The number of hydrogen-bond donors (Lipinski definition) is 4. The Morgan fingerprint density at radius 1 is 1.08 bits per heavy atom. The molecule has 39 heavy (non-hydrogen) atoms. The fourth-order valence-corrected chi connectivity index (χ4v) is 6.31. The topological polar surface area (TPSA) is 159 Å². The minimum absolute atomic E-state index is 0.0901. The monoisotopic (exact) mass is 529 g/mol. The third kappa shape index (κ3) is 3.98. The minimum Gasteiger partial charge on any atom is -0.449 e. The first-order chi connectivity index (χ1) is 18.7. The summed E-state index contributed by atoms with van der Waals surface area (Å²) in [5.74, 6) is -1.22. The zero-order valence-electron chi connectivity index (χ0n) is 21.8. The van der Waals surface area contributed by atoms with Gasteiger partial charge in [-0.15, -0.1) is 0 Å². The quantitative estimate of drug-likeness (QED) is 0.227. The molecular formula is C29H31N5O5. The number of ketones is 2. The van der Waals surface area contributed by atoms with Crippen LogP contribution in [0, 0.1) is 5.92 Å². The van der Waals surface area contributed by atoms with Crippen molar-refractivity contribution in [1.82, 2.24) is 10.2 Å². The van der Waals surface area contributed by atoms with Gasteiger partial charge in [-0.3, -0.25) is 9.59 Å². The van der Waals surface area contributed by atoms with E-state index in [1.54, 1.807) is 14.0 Å². The molecule has 1 aliphatic carbocycles. The van der Waals surface area contributed by atoms with Crippen molar-refractivity contribution in [3.63, 3.8) is 0 Å². The minimum atomic E-state index is -1.00. The van der Waals surface area contributed by atoms with E-state index in [2.05, 4.69) is 10.6 Å². The molecule has 0 saturated carbocycles. The number of nitrogens with two attached hydrogens (primary N) is 2. The van der Waals surface area contributed by atoms with Gasteiger partial charge >= 0.3 is 6.09 Å². The highest BCUT2D eigenvalue weighted by Gasteiger charge is 2.72. The van der Waals surface area contributed by atoms with Gasteiger partial charge in [-0.2, -0.15) is 0 Å². The first-order valence-corrected chi connectivity index (χ1v) is 13.0. The van der Waals surface area contributed by atoms with Crippen LogP contribution < -0.4 is 22.1 Å². The van der Waals surface area contributed by atoms with Crippen LogP contribution in [0.4, 0.5) is 16.2 Å². The molecule has 0 spiro atoms. The molecule has 0 bridgehead atoms. The maximum absolute atomic E-state index is 14.0. The SMILES string of the molecule is CO[C@@]12[C@H](COC(N)=O)C3=C(C(=O)C(C)=C(Nc4ccc(CCc5ccc(N)cc5)cc4)C3=O)N1C[C@@H]1N[C@@H]12. The number of fused-ring (bicyclic) bond motifs is 4. The van der Waals surface area contributed by atoms with Crippen LogP contribution >= 0.6 is 0 Å². The number of amides is 1. The molecule has 2 aromatic carbocycles. The van der Waals surface area contributed by atoms with Crippen LogP contribution in [0.5, 0.6) is 0 Å². The Morgan fingerprint density at radius 2 is 1.72 bits per heavy atom. The number of nitrogens with zero attached hydrogens (tertiary/aromatic N) is 1. The lowest BCUT2D eigenvalue weighted by Crippen LogP contribution is -2.55. The van der Waals surface area contributed by atoms with Gasteiger partial charge in [0.2, 0.25) is 11.6 Å². The summed E-state index contributed by atoms with van der Waals surface area (Å²) >= 11 is 0. The fourth-order valence-electron chi connectivity index (χ4n) is 6.31. The smallest absolute Gasteiger partial charge is 0.404 e. The lowest BCUT2D eigenvalue weighted by molar-refractivity contribution is -0.137. The van der Waals surface area contributed by atoms with Crippen molar-refractivity contribution < 1.29 is 23.9 Å². The summed E-state index contributed by atoms with van der Waals surface area (Å²) < 4.78 is 11.2. The number of primary amides is 1. The molecule has 3 aliphatic heterocycles. The summed E-state index contributed by atoms with van der Waals surface area (Å²) in [5, 5.41) is 6.54. The zero-order valence-corrected chi connectivity index (χ0v) is 21.8. The van der Waals surface area contributed by atoms with E-state index in [9.17, 15) is 14.4 Å². The van der Waals surface area contributed by atoms with Gasteiger partial charge in [-0.05, 0) is 55.2 Å². The molecule has 1 amide bonds. The number of rotatable bonds is 8. The van der Waals surface area contributed by atoms with Crippen molar-refractivity contribution in [2.75, 3.05) is 31.3 Å². The Labute approximate surface area is 226 Å².